The number of rotatable bonds is 15. The van der Waals surface area contributed by atoms with Gasteiger partial charge >= 0.3 is 7.60 Å². The van der Waals surface area contributed by atoms with Crippen molar-refractivity contribution in [3.63, 3.8) is 0 Å². The summed E-state index contributed by atoms with van der Waals surface area (Å²) in [5.41, 5.74) is 4.97. The van der Waals surface area contributed by atoms with E-state index in [1.54, 1.807) is 0 Å². The average Bonchev–Trinajstić information content (AvgIpc) is 2.77. The second-order valence-electron chi connectivity index (χ2n) is 8.66. The summed E-state index contributed by atoms with van der Waals surface area (Å²) in [4.78, 5) is 0. The van der Waals surface area contributed by atoms with Gasteiger partial charge in [0.05, 0.1) is 6.16 Å². The van der Waals surface area contributed by atoms with Gasteiger partial charge in [0.25, 0.3) is 0 Å². The van der Waals surface area contributed by atoms with Crippen LogP contribution in [-0.2, 0) is 30.2 Å². The Bertz CT molecular complexity index is 809. The maximum Gasteiger partial charge on any atom is 0.430 e. The van der Waals surface area contributed by atoms with E-state index in [0.29, 0.717) is 6.16 Å². The lowest BCUT2D eigenvalue weighted by atomic mass is 9.99. The van der Waals surface area contributed by atoms with Gasteiger partial charge < -0.3 is 9.05 Å². The molecule has 0 atom stereocenters. The summed E-state index contributed by atoms with van der Waals surface area (Å²) < 4.78 is 26.8. The fourth-order valence-corrected chi connectivity index (χ4v) is 6.09. The Balaban J connectivity index is 2.45. The van der Waals surface area contributed by atoms with E-state index < -0.39 is 7.60 Å². The minimum atomic E-state index is -3.36. The Morgan fingerprint density at radius 2 is 1.06 bits per heavy atom. The molecular formula is C28H43O3P. The van der Waals surface area contributed by atoms with E-state index >= 15 is 0 Å². The minimum Gasteiger partial charge on any atom is -0.416 e. The molecule has 0 aliphatic heterocycles. The number of unbranched alkanes of at least 4 members (excludes halogenated alkanes) is 1. The zero-order valence-electron chi connectivity index (χ0n) is 20.9. The molecular weight excluding hydrogens is 415 g/mol. The lowest BCUT2D eigenvalue weighted by molar-refractivity contribution is 0.380. The predicted octanol–water partition coefficient (Wildman–Crippen LogP) is 8.95. The summed E-state index contributed by atoms with van der Waals surface area (Å²) in [5, 5.41) is 0. The fraction of sp³-hybridized carbons (Fsp3) is 0.571. The van der Waals surface area contributed by atoms with Crippen LogP contribution in [0.5, 0.6) is 11.5 Å². The van der Waals surface area contributed by atoms with Crippen LogP contribution in [-0.4, -0.2) is 6.16 Å². The number of aryl methyl sites for hydroxylation is 2. The normalized spacial score (nSPS) is 11.5. The first kappa shape index (κ1) is 26.5. The minimum absolute atomic E-state index is 0.427. The Morgan fingerprint density at radius 3 is 1.44 bits per heavy atom. The van der Waals surface area contributed by atoms with Crippen molar-refractivity contribution in [1.29, 1.82) is 0 Å². The molecule has 0 bridgehead atoms. The summed E-state index contributed by atoms with van der Waals surface area (Å²) >= 11 is 0. The lowest BCUT2D eigenvalue weighted by Gasteiger charge is -2.24. The van der Waals surface area contributed by atoms with E-state index in [4.69, 9.17) is 9.05 Å². The molecule has 2 rings (SSSR count). The quantitative estimate of drug-likeness (QED) is 0.250. The molecule has 2 aromatic carbocycles. The van der Waals surface area contributed by atoms with Crippen LogP contribution in [0.15, 0.2) is 36.4 Å². The van der Waals surface area contributed by atoms with Gasteiger partial charge in [-0.2, -0.15) is 0 Å². The number of hydrogen-bond acceptors (Lipinski definition) is 3. The molecule has 32 heavy (non-hydrogen) atoms. The molecule has 0 heterocycles. The maximum absolute atomic E-state index is 14.1. The van der Waals surface area contributed by atoms with Crippen LogP contribution in [0, 0.1) is 0 Å². The van der Waals surface area contributed by atoms with Crippen molar-refractivity contribution < 1.29 is 13.6 Å². The van der Waals surface area contributed by atoms with Gasteiger partial charge in [-0.3, -0.25) is 0 Å². The van der Waals surface area contributed by atoms with Crippen molar-refractivity contribution >= 4 is 7.60 Å². The zero-order valence-corrected chi connectivity index (χ0v) is 21.8. The Morgan fingerprint density at radius 1 is 0.625 bits per heavy atom. The summed E-state index contributed by atoms with van der Waals surface area (Å²) in [6.45, 7) is 10.8. The molecule has 0 N–H and O–H groups in total. The molecule has 0 aliphatic rings. The van der Waals surface area contributed by atoms with Crippen molar-refractivity contribution in [2.45, 2.75) is 98.8 Å². The third-order valence-corrected chi connectivity index (χ3v) is 7.57. The van der Waals surface area contributed by atoms with E-state index in [1.807, 2.05) is 24.3 Å². The molecule has 3 nitrogen and oxygen atoms in total. The van der Waals surface area contributed by atoms with Crippen LogP contribution in [0.4, 0.5) is 0 Å². The van der Waals surface area contributed by atoms with Crippen molar-refractivity contribution in [2.24, 2.45) is 0 Å². The highest BCUT2D eigenvalue weighted by molar-refractivity contribution is 7.54. The molecule has 0 unspecified atom stereocenters. The van der Waals surface area contributed by atoms with Crippen LogP contribution >= 0.6 is 7.60 Å². The van der Waals surface area contributed by atoms with E-state index in [2.05, 4.69) is 46.8 Å². The third kappa shape index (κ3) is 7.41. The van der Waals surface area contributed by atoms with Gasteiger partial charge in [0.15, 0.2) is 0 Å². The van der Waals surface area contributed by atoms with Gasteiger partial charge in [-0.15, -0.1) is 0 Å². The Hall–Kier alpha value is -1.73. The van der Waals surface area contributed by atoms with Crippen molar-refractivity contribution in [1.82, 2.24) is 0 Å². The van der Waals surface area contributed by atoms with Crippen LogP contribution in [0.25, 0.3) is 0 Å². The summed E-state index contributed by atoms with van der Waals surface area (Å²) in [5.74, 6) is 1.47. The predicted molar refractivity (Wildman–Crippen MR) is 138 cm³/mol. The van der Waals surface area contributed by atoms with Gasteiger partial charge in [0, 0.05) is 0 Å². The molecule has 0 amide bonds. The van der Waals surface area contributed by atoms with Gasteiger partial charge in [0.2, 0.25) is 0 Å². The van der Waals surface area contributed by atoms with Gasteiger partial charge in [-0.05, 0) is 66.5 Å². The molecule has 0 spiro atoms. The summed E-state index contributed by atoms with van der Waals surface area (Å²) in [6, 6.07) is 12.3. The van der Waals surface area contributed by atoms with E-state index in [1.165, 1.54) is 22.3 Å². The monoisotopic (exact) mass is 458 g/mol. The van der Waals surface area contributed by atoms with Gasteiger partial charge in [-0.1, -0.05) is 91.0 Å². The smallest absolute Gasteiger partial charge is 0.416 e. The van der Waals surface area contributed by atoms with Crippen LogP contribution in [0.3, 0.4) is 0 Å². The Kier molecular flexibility index (Phi) is 11.4. The second-order valence-corrected chi connectivity index (χ2v) is 10.7. The molecule has 0 aliphatic carbocycles. The van der Waals surface area contributed by atoms with E-state index in [-0.39, 0.29) is 0 Å². The SMILES string of the molecule is CCCCP(=O)(Oc1cccc(CCC)c1CCC)Oc1cccc(CCC)c1CCC. The molecule has 0 radical (unpaired) electrons. The standard InChI is InChI=1S/C28H43O3P/c1-6-11-22-32(29,30-27-20-12-18-23(14-7-2)25(27)16-9-4)31-28-21-13-19-24(15-8-3)26(28)17-10-5/h12-13,18-21H,6-11,14-17,22H2,1-5H3. The molecule has 0 fully saturated rings. The molecule has 178 valence electrons. The zero-order chi connectivity index (χ0) is 23.4. The first-order chi connectivity index (χ1) is 15.5. The van der Waals surface area contributed by atoms with Crippen molar-refractivity contribution in [3.8, 4) is 11.5 Å². The second kappa shape index (κ2) is 13.7. The molecule has 2 aromatic rings. The van der Waals surface area contributed by atoms with Gasteiger partial charge in [-0.25, -0.2) is 4.57 Å². The maximum atomic E-state index is 14.1. The highest BCUT2D eigenvalue weighted by Crippen LogP contribution is 2.51. The first-order valence-electron chi connectivity index (χ1n) is 12.7. The Labute approximate surface area is 196 Å². The van der Waals surface area contributed by atoms with Crippen LogP contribution in [0.2, 0.25) is 0 Å². The molecule has 4 heteroatoms. The topological polar surface area (TPSA) is 35.5 Å². The molecule has 0 saturated heterocycles. The highest BCUT2D eigenvalue weighted by atomic mass is 31.2. The van der Waals surface area contributed by atoms with Gasteiger partial charge in [0.1, 0.15) is 11.5 Å². The molecule has 0 saturated carbocycles. The number of benzene rings is 2. The highest BCUT2D eigenvalue weighted by Gasteiger charge is 2.30. The largest absolute Gasteiger partial charge is 0.430 e. The van der Waals surface area contributed by atoms with E-state index in [0.717, 1.165) is 75.7 Å². The number of hydrogen-bond donors (Lipinski definition) is 0. The summed E-state index contributed by atoms with van der Waals surface area (Å²) in [7, 11) is -3.36. The third-order valence-electron chi connectivity index (χ3n) is 5.76. The molecule has 0 aromatic heterocycles. The fourth-order valence-electron chi connectivity index (χ4n) is 4.23. The lowest BCUT2D eigenvalue weighted by Crippen LogP contribution is -2.09. The van der Waals surface area contributed by atoms with E-state index in [9.17, 15) is 4.57 Å². The first-order valence-corrected chi connectivity index (χ1v) is 14.4. The summed E-state index contributed by atoms with van der Waals surface area (Å²) in [6.07, 6.45) is 10.3. The average molecular weight is 459 g/mol. The van der Waals surface area contributed by atoms with Crippen LogP contribution < -0.4 is 9.05 Å². The van der Waals surface area contributed by atoms with Crippen LogP contribution in [0.1, 0.15) is 95.4 Å². The van der Waals surface area contributed by atoms with Crippen molar-refractivity contribution in [3.05, 3.63) is 58.7 Å². The van der Waals surface area contributed by atoms with Crippen molar-refractivity contribution in [2.75, 3.05) is 6.16 Å².